The Bertz CT molecular complexity index is 760. The quantitative estimate of drug-likeness (QED) is 0.723. The van der Waals surface area contributed by atoms with E-state index in [4.69, 9.17) is 5.73 Å². The number of nitrogens with two attached hydrogens (primary N) is 1. The van der Waals surface area contributed by atoms with Crippen molar-refractivity contribution in [2.45, 2.75) is 13.8 Å². The monoisotopic (exact) mass is 265 g/mol. The highest BCUT2D eigenvalue weighted by atomic mass is 15.5. The van der Waals surface area contributed by atoms with E-state index in [-0.39, 0.29) is 0 Å². The fourth-order valence-corrected chi connectivity index (χ4v) is 2.18. The number of benzene rings is 2. The number of hydrogen-bond acceptors (Lipinski definition) is 4. The summed E-state index contributed by atoms with van der Waals surface area (Å²) >= 11 is 0. The molecule has 3 aromatic rings. The molecule has 0 aliphatic heterocycles. The number of aromatic nitrogens is 4. The third-order valence-corrected chi connectivity index (χ3v) is 3.48. The van der Waals surface area contributed by atoms with E-state index in [0.29, 0.717) is 11.5 Å². The Morgan fingerprint density at radius 3 is 2.60 bits per heavy atom. The first-order chi connectivity index (χ1) is 9.68. The zero-order valence-corrected chi connectivity index (χ0v) is 11.4. The zero-order chi connectivity index (χ0) is 14.1. The number of hydrogen-bond donors (Lipinski definition) is 1. The molecule has 20 heavy (non-hydrogen) atoms. The van der Waals surface area contributed by atoms with Gasteiger partial charge in [-0.15, -0.1) is 5.10 Å². The molecular weight excluding hydrogens is 250 g/mol. The summed E-state index contributed by atoms with van der Waals surface area (Å²) in [5.41, 5.74) is 10.8. The molecule has 0 aliphatic rings. The maximum Gasteiger partial charge on any atom is 0.189 e. The molecule has 0 radical (unpaired) electrons. The molecule has 1 aromatic heterocycles. The average Bonchev–Trinajstić information content (AvgIpc) is 2.91. The Balaban J connectivity index is 2.21. The summed E-state index contributed by atoms with van der Waals surface area (Å²) in [6.07, 6.45) is 0. The van der Waals surface area contributed by atoms with Gasteiger partial charge in [0.05, 0.1) is 5.69 Å². The highest BCUT2D eigenvalue weighted by molar-refractivity contribution is 5.72. The summed E-state index contributed by atoms with van der Waals surface area (Å²) in [7, 11) is 0. The second-order valence-corrected chi connectivity index (χ2v) is 4.72. The Hall–Kier alpha value is -2.69. The summed E-state index contributed by atoms with van der Waals surface area (Å²) in [5.74, 6) is 0.650. The van der Waals surface area contributed by atoms with Crippen molar-refractivity contribution in [3.63, 3.8) is 0 Å². The molecule has 0 amide bonds. The lowest BCUT2D eigenvalue weighted by Crippen LogP contribution is -2.04. The van der Waals surface area contributed by atoms with E-state index < -0.39 is 0 Å². The number of aryl methyl sites for hydroxylation is 1. The van der Waals surface area contributed by atoms with Crippen LogP contribution in [0.3, 0.4) is 0 Å². The minimum absolute atomic E-state index is 0.650. The first kappa shape index (κ1) is 12.3. The predicted octanol–water partition coefficient (Wildman–Crippen LogP) is 2.53. The van der Waals surface area contributed by atoms with Crippen molar-refractivity contribution in [1.29, 1.82) is 0 Å². The van der Waals surface area contributed by atoms with Crippen LogP contribution in [0, 0.1) is 13.8 Å². The number of nitrogens with zero attached hydrogens (tertiary/aromatic N) is 4. The lowest BCUT2D eigenvalue weighted by molar-refractivity contribution is 0.786. The lowest BCUT2D eigenvalue weighted by Gasteiger charge is -2.10. The highest BCUT2D eigenvalue weighted by Crippen LogP contribution is 2.26. The van der Waals surface area contributed by atoms with Crippen LogP contribution in [0.15, 0.2) is 42.5 Å². The van der Waals surface area contributed by atoms with E-state index >= 15 is 0 Å². The summed E-state index contributed by atoms with van der Waals surface area (Å²) in [4.78, 5) is 0. The van der Waals surface area contributed by atoms with Gasteiger partial charge in [-0.05, 0) is 53.6 Å². The summed E-state index contributed by atoms with van der Waals surface area (Å²) in [6, 6.07) is 13.7. The molecule has 2 N–H and O–H groups in total. The topological polar surface area (TPSA) is 69.6 Å². The van der Waals surface area contributed by atoms with Crippen LogP contribution in [-0.2, 0) is 0 Å². The normalized spacial score (nSPS) is 10.7. The minimum atomic E-state index is 0.650. The molecule has 0 unspecified atom stereocenters. The van der Waals surface area contributed by atoms with E-state index in [1.165, 1.54) is 5.56 Å². The van der Waals surface area contributed by atoms with Crippen LogP contribution in [0.5, 0.6) is 0 Å². The molecule has 0 spiro atoms. The maximum absolute atomic E-state index is 6.02. The molecule has 0 bridgehead atoms. The van der Waals surface area contributed by atoms with Crippen LogP contribution in [0.25, 0.3) is 17.1 Å². The Kier molecular flexibility index (Phi) is 2.95. The van der Waals surface area contributed by atoms with Crippen LogP contribution < -0.4 is 5.73 Å². The van der Waals surface area contributed by atoms with E-state index in [1.807, 2.05) is 36.4 Å². The average molecular weight is 265 g/mol. The van der Waals surface area contributed by atoms with Gasteiger partial charge in [0.15, 0.2) is 5.82 Å². The Morgan fingerprint density at radius 2 is 1.80 bits per heavy atom. The molecule has 5 heteroatoms. The molecule has 2 aromatic carbocycles. The fourth-order valence-electron chi connectivity index (χ4n) is 2.18. The number of tetrazole rings is 1. The van der Waals surface area contributed by atoms with Crippen molar-refractivity contribution in [1.82, 2.24) is 20.2 Å². The van der Waals surface area contributed by atoms with Crippen molar-refractivity contribution in [3.05, 3.63) is 53.6 Å². The van der Waals surface area contributed by atoms with Gasteiger partial charge < -0.3 is 5.73 Å². The standard InChI is InChI=1S/C15H15N5/c1-10-6-5-9-14(11(10)2)20-15(17-18-19-20)12-7-3-4-8-13(12)16/h3-9H,16H2,1-2H3. The number of para-hydroxylation sites is 1. The lowest BCUT2D eigenvalue weighted by atomic mass is 10.1. The van der Waals surface area contributed by atoms with E-state index in [9.17, 15) is 0 Å². The molecule has 0 saturated heterocycles. The van der Waals surface area contributed by atoms with Crippen LogP contribution >= 0.6 is 0 Å². The van der Waals surface area contributed by atoms with E-state index in [2.05, 4.69) is 35.4 Å². The van der Waals surface area contributed by atoms with Crippen molar-refractivity contribution in [2.24, 2.45) is 0 Å². The van der Waals surface area contributed by atoms with Crippen LogP contribution in [0.1, 0.15) is 11.1 Å². The smallest absolute Gasteiger partial charge is 0.189 e. The van der Waals surface area contributed by atoms with Crippen molar-refractivity contribution in [2.75, 3.05) is 5.73 Å². The van der Waals surface area contributed by atoms with Crippen LogP contribution in [0.4, 0.5) is 5.69 Å². The number of anilines is 1. The zero-order valence-electron chi connectivity index (χ0n) is 11.4. The molecule has 0 fully saturated rings. The second-order valence-electron chi connectivity index (χ2n) is 4.72. The molecular formula is C15H15N5. The minimum Gasteiger partial charge on any atom is -0.398 e. The van der Waals surface area contributed by atoms with Crippen LogP contribution in [-0.4, -0.2) is 20.2 Å². The van der Waals surface area contributed by atoms with Gasteiger partial charge in [-0.2, -0.15) is 4.68 Å². The van der Waals surface area contributed by atoms with Gasteiger partial charge in [-0.3, -0.25) is 0 Å². The first-order valence-corrected chi connectivity index (χ1v) is 6.38. The van der Waals surface area contributed by atoms with Gasteiger partial charge in [0.25, 0.3) is 0 Å². The molecule has 1 heterocycles. The van der Waals surface area contributed by atoms with Gasteiger partial charge in [0.1, 0.15) is 0 Å². The SMILES string of the molecule is Cc1cccc(-n2nnnc2-c2ccccc2N)c1C. The molecule has 0 atom stereocenters. The molecule has 0 saturated carbocycles. The molecule has 0 aliphatic carbocycles. The molecule has 5 nitrogen and oxygen atoms in total. The van der Waals surface area contributed by atoms with Crippen LogP contribution in [0.2, 0.25) is 0 Å². The summed E-state index contributed by atoms with van der Waals surface area (Å²) in [6.45, 7) is 4.13. The van der Waals surface area contributed by atoms with Gasteiger partial charge in [-0.1, -0.05) is 24.3 Å². The molecule has 100 valence electrons. The number of nitrogen functional groups attached to an aromatic ring is 1. The van der Waals surface area contributed by atoms with Crippen molar-refractivity contribution >= 4 is 5.69 Å². The largest absolute Gasteiger partial charge is 0.398 e. The fraction of sp³-hybridized carbons (Fsp3) is 0.133. The van der Waals surface area contributed by atoms with E-state index in [0.717, 1.165) is 16.8 Å². The van der Waals surface area contributed by atoms with Crippen molar-refractivity contribution < 1.29 is 0 Å². The predicted molar refractivity (Wildman–Crippen MR) is 78.5 cm³/mol. The Labute approximate surface area is 117 Å². The maximum atomic E-state index is 6.02. The second kappa shape index (κ2) is 4.77. The Morgan fingerprint density at radius 1 is 1.00 bits per heavy atom. The third-order valence-electron chi connectivity index (χ3n) is 3.48. The summed E-state index contributed by atoms with van der Waals surface area (Å²) in [5, 5.41) is 12.0. The molecule has 3 rings (SSSR count). The third kappa shape index (κ3) is 1.93. The first-order valence-electron chi connectivity index (χ1n) is 6.38. The van der Waals surface area contributed by atoms with Gasteiger partial charge in [0.2, 0.25) is 0 Å². The summed E-state index contributed by atoms with van der Waals surface area (Å²) < 4.78 is 1.73. The highest BCUT2D eigenvalue weighted by Gasteiger charge is 2.14. The van der Waals surface area contributed by atoms with Gasteiger partial charge in [0, 0.05) is 11.3 Å². The van der Waals surface area contributed by atoms with Gasteiger partial charge in [-0.25, -0.2) is 0 Å². The van der Waals surface area contributed by atoms with Gasteiger partial charge >= 0.3 is 0 Å². The van der Waals surface area contributed by atoms with E-state index in [1.54, 1.807) is 4.68 Å². The van der Waals surface area contributed by atoms with Crippen molar-refractivity contribution in [3.8, 4) is 17.1 Å². The number of rotatable bonds is 2.